The third-order valence-corrected chi connectivity index (χ3v) is 5.29. The van der Waals surface area contributed by atoms with Crippen molar-refractivity contribution >= 4 is 29.9 Å². The van der Waals surface area contributed by atoms with Gasteiger partial charge < -0.3 is 24.8 Å². The lowest BCUT2D eigenvalue weighted by Gasteiger charge is -2.22. The fourth-order valence-electron chi connectivity index (χ4n) is 3.59. The average Bonchev–Trinajstić information content (AvgIpc) is 2.80. The SMILES string of the molecule is CCNC(=NCc1cccc(COC2CCOCC2)c1)NCC(C)Oc1cccc(C)c1.I. The van der Waals surface area contributed by atoms with Crippen molar-refractivity contribution in [3.8, 4) is 5.75 Å². The van der Waals surface area contributed by atoms with E-state index >= 15 is 0 Å². The molecule has 0 aliphatic carbocycles. The van der Waals surface area contributed by atoms with E-state index in [0.29, 0.717) is 25.8 Å². The first kappa shape index (κ1) is 27.4. The van der Waals surface area contributed by atoms with Gasteiger partial charge in [-0.2, -0.15) is 0 Å². The minimum Gasteiger partial charge on any atom is -0.489 e. The van der Waals surface area contributed by atoms with Crippen molar-refractivity contribution in [1.29, 1.82) is 0 Å². The minimum absolute atomic E-state index is 0. The first-order valence-electron chi connectivity index (χ1n) is 11.6. The Morgan fingerprint density at radius 1 is 1.09 bits per heavy atom. The van der Waals surface area contributed by atoms with Crippen molar-refractivity contribution in [2.45, 2.75) is 59.0 Å². The molecule has 1 saturated heterocycles. The van der Waals surface area contributed by atoms with Gasteiger partial charge in [0.05, 0.1) is 25.8 Å². The van der Waals surface area contributed by atoms with Crippen LogP contribution in [0.15, 0.2) is 53.5 Å². The molecule has 3 rings (SSSR count). The van der Waals surface area contributed by atoms with E-state index in [4.69, 9.17) is 19.2 Å². The molecule has 2 aromatic rings. The third kappa shape index (κ3) is 10.3. The normalized spacial score (nSPS) is 15.4. The number of halogens is 1. The summed E-state index contributed by atoms with van der Waals surface area (Å²) in [6.45, 7) is 10.5. The molecule has 0 bridgehead atoms. The summed E-state index contributed by atoms with van der Waals surface area (Å²) in [5.41, 5.74) is 3.54. The number of aliphatic imine (C=N–C) groups is 1. The van der Waals surface area contributed by atoms with E-state index in [0.717, 1.165) is 44.3 Å². The molecule has 33 heavy (non-hydrogen) atoms. The van der Waals surface area contributed by atoms with E-state index in [2.05, 4.69) is 67.8 Å². The highest BCUT2D eigenvalue weighted by atomic mass is 127. The number of ether oxygens (including phenoxy) is 3. The summed E-state index contributed by atoms with van der Waals surface area (Å²) >= 11 is 0. The van der Waals surface area contributed by atoms with Crippen LogP contribution in [0.1, 0.15) is 43.4 Å². The van der Waals surface area contributed by atoms with Crippen molar-refractivity contribution in [3.05, 3.63) is 65.2 Å². The Bertz CT molecular complexity index is 856. The van der Waals surface area contributed by atoms with E-state index in [1.807, 2.05) is 12.1 Å². The third-order valence-electron chi connectivity index (χ3n) is 5.29. The van der Waals surface area contributed by atoms with Crippen LogP contribution >= 0.6 is 24.0 Å². The van der Waals surface area contributed by atoms with Crippen LogP contribution in [0.3, 0.4) is 0 Å². The number of guanidine groups is 1. The number of aryl methyl sites for hydroxylation is 1. The predicted octanol–water partition coefficient (Wildman–Crippen LogP) is 4.83. The molecule has 6 nitrogen and oxygen atoms in total. The average molecular weight is 568 g/mol. The lowest BCUT2D eigenvalue weighted by atomic mass is 10.1. The molecule has 0 aromatic heterocycles. The van der Waals surface area contributed by atoms with Crippen LogP contribution in [-0.4, -0.2) is 44.5 Å². The maximum atomic E-state index is 6.05. The van der Waals surface area contributed by atoms with E-state index in [1.165, 1.54) is 16.7 Å². The fourth-order valence-corrected chi connectivity index (χ4v) is 3.59. The van der Waals surface area contributed by atoms with Crippen LogP contribution in [0.2, 0.25) is 0 Å². The van der Waals surface area contributed by atoms with Gasteiger partial charge >= 0.3 is 0 Å². The second kappa shape index (κ2) is 15.1. The van der Waals surface area contributed by atoms with Gasteiger partial charge in [-0.3, -0.25) is 0 Å². The van der Waals surface area contributed by atoms with Crippen molar-refractivity contribution in [2.75, 3.05) is 26.3 Å². The Morgan fingerprint density at radius 2 is 1.85 bits per heavy atom. The van der Waals surface area contributed by atoms with Crippen LogP contribution < -0.4 is 15.4 Å². The first-order valence-corrected chi connectivity index (χ1v) is 11.6. The molecule has 2 N–H and O–H groups in total. The number of hydrogen-bond donors (Lipinski definition) is 2. The summed E-state index contributed by atoms with van der Waals surface area (Å²) in [6.07, 6.45) is 2.28. The van der Waals surface area contributed by atoms with Gasteiger partial charge in [0.2, 0.25) is 0 Å². The zero-order valence-electron chi connectivity index (χ0n) is 20.0. The molecule has 1 unspecified atom stereocenters. The molecule has 0 amide bonds. The van der Waals surface area contributed by atoms with E-state index < -0.39 is 0 Å². The van der Waals surface area contributed by atoms with Gasteiger partial charge in [-0.05, 0) is 62.4 Å². The van der Waals surface area contributed by atoms with Gasteiger partial charge in [0.25, 0.3) is 0 Å². The Labute approximate surface area is 215 Å². The number of nitrogens with one attached hydrogen (secondary N) is 2. The van der Waals surface area contributed by atoms with E-state index in [-0.39, 0.29) is 30.1 Å². The van der Waals surface area contributed by atoms with Gasteiger partial charge in [-0.15, -0.1) is 24.0 Å². The molecular weight excluding hydrogens is 529 g/mol. The van der Waals surface area contributed by atoms with Gasteiger partial charge in [0.1, 0.15) is 11.9 Å². The summed E-state index contributed by atoms with van der Waals surface area (Å²) in [4.78, 5) is 4.75. The van der Waals surface area contributed by atoms with Crippen molar-refractivity contribution in [2.24, 2.45) is 4.99 Å². The zero-order valence-corrected chi connectivity index (χ0v) is 22.3. The molecule has 7 heteroatoms. The van der Waals surface area contributed by atoms with Gasteiger partial charge in [-0.1, -0.05) is 36.4 Å². The quantitative estimate of drug-likeness (QED) is 0.245. The van der Waals surface area contributed by atoms with Crippen molar-refractivity contribution in [1.82, 2.24) is 10.6 Å². The molecule has 1 aliphatic rings. The molecule has 1 heterocycles. The molecule has 1 fully saturated rings. The smallest absolute Gasteiger partial charge is 0.191 e. The van der Waals surface area contributed by atoms with Crippen molar-refractivity contribution < 1.29 is 14.2 Å². The summed E-state index contributed by atoms with van der Waals surface area (Å²) in [6, 6.07) is 16.6. The number of nitrogens with zero attached hydrogens (tertiary/aromatic N) is 1. The van der Waals surface area contributed by atoms with Crippen LogP contribution in [-0.2, 0) is 22.6 Å². The zero-order chi connectivity index (χ0) is 22.6. The highest BCUT2D eigenvalue weighted by molar-refractivity contribution is 14.0. The molecule has 182 valence electrons. The summed E-state index contributed by atoms with van der Waals surface area (Å²) in [5, 5.41) is 6.70. The van der Waals surface area contributed by atoms with Crippen molar-refractivity contribution in [3.63, 3.8) is 0 Å². The van der Waals surface area contributed by atoms with Crippen LogP contribution in [0.4, 0.5) is 0 Å². The molecule has 1 atom stereocenters. The Balaban J connectivity index is 0.00000385. The van der Waals surface area contributed by atoms with Gasteiger partial charge in [-0.25, -0.2) is 4.99 Å². The largest absolute Gasteiger partial charge is 0.489 e. The highest BCUT2D eigenvalue weighted by Gasteiger charge is 2.14. The lowest BCUT2D eigenvalue weighted by molar-refractivity contribution is -0.0390. The van der Waals surface area contributed by atoms with Gasteiger partial charge in [0, 0.05) is 19.8 Å². The fraction of sp³-hybridized carbons (Fsp3) is 0.500. The topological polar surface area (TPSA) is 64.1 Å². The monoisotopic (exact) mass is 567 g/mol. The first-order chi connectivity index (χ1) is 15.6. The highest BCUT2D eigenvalue weighted by Crippen LogP contribution is 2.15. The van der Waals surface area contributed by atoms with Crippen LogP contribution in [0.25, 0.3) is 0 Å². The van der Waals surface area contributed by atoms with Crippen LogP contribution in [0, 0.1) is 6.92 Å². The van der Waals surface area contributed by atoms with E-state index in [9.17, 15) is 0 Å². The number of benzene rings is 2. The molecular formula is C26H38IN3O3. The summed E-state index contributed by atoms with van der Waals surface area (Å²) < 4.78 is 17.5. The summed E-state index contributed by atoms with van der Waals surface area (Å²) in [5.74, 6) is 1.68. The Hall–Kier alpha value is -1.84. The molecule has 2 aromatic carbocycles. The Kier molecular flexibility index (Phi) is 12.6. The lowest BCUT2D eigenvalue weighted by Crippen LogP contribution is -2.41. The second-order valence-corrected chi connectivity index (χ2v) is 8.26. The van der Waals surface area contributed by atoms with Crippen LogP contribution in [0.5, 0.6) is 5.75 Å². The molecule has 0 saturated carbocycles. The van der Waals surface area contributed by atoms with E-state index in [1.54, 1.807) is 0 Å². The number of rotatable bonds is 10. The predicted molar refractivity (Wildman–Crippen MR) is 145 cm³/mol. The molecule has 0 radical (unpaired) electrons. The summed E-state index contributed by atoms with van der Waals surface area (Å²) in [7, 11) is 0. The second-order valence-electron chi connectivity index (χ2n) is 8.26. The standard InChI is InChI=1S/C26H37N3O3.HI/c1-4-27-26(28-17-21(3)32-25-10-5-7-20(2)15-25)29-18-22-8-6-9-23(16-22)19-31-24-11-13-30-14-12-24;/h5-10,15-16,21,24H,4,11-14,17-19H2,1-3H3,(H2,27,28,29);1H. The maximum Gasteiger partial charge on any atom is 0.191 e. The minimum atomic E-state index is 0. The number of hydrogen-bond acceptors (Lipinski definition) is 4. The molecule has 1 aliphatic heterocycles. The Morgan fingerprint density at radius 3 is 2.61 bits per heavy atom. The maximum absolute atomic E-state index is 6.05. The van der Waals surface area contributed by atoms with Gasteiger partial charge in [0.15, 0.2) is 5.96 Å². The molecule has 0 spiro atoms.